The van der Waals surface area contributed by atoms with Gasteiger partial charge in [-0.05, 0) is 56.6 Å². The molecule has 31 heavy (non-hydrogen) atoms. The fourth-order valence-electron chi connectivity index (χ4n) is 4.44. The van der Waals surface area contributed by atoms with Crippen molar-refractivity contribution in [2.75, 3.05) is 36.9 Å². The van der Waals surface area contributed by atoms with Gasteiger partial charge in [-0.3, -0.25) is 4.79 Å². The minimum atomic E-state index is -0.138. The van der Waals surface area contributed by atoms with Crippen molar-refractivity contribution < 1.29 is 9.63 Å². The van der Waals surface area contributed by atoms with Crippen LogP contribution in [0.1, 0.15) is 36.8 Å². The number of halogens is 1. The summed E-state index contributed by atoms with van der Waals surface area (Å²) in [7, 11) is 0. The summed E-state index contributed by atoms with van der Waals surface area (Å²) in [5.41, 5.74) is 5.47. The third-order valence-corrected chi connectivity index (χ3v) is 6.46. The number of carbonyl (C=O) groups excluding carboxylic acids is 1. The number of nitrogens with one attached hydrogen (secondary N) is 2. The molecule has 0 aromatic heterocycles. The topological polar surface area (TPSA) is 66.0 Å². The normalized spacial score (nSPS) is 21.6. The number of fused-ring (bicyclic) bond motifs is 2. The fraction of sp³-hybridized carbons (Fsp3) is 0.333. The second kappa shape index (κ2) is 8.85. The fourth-order valence-corrected chi connectivity index (χ4v) is 4.80. The molecule has 7 heteroatoms. The van der Waals surface area contributed by atoms with Gasteiger partial charge in [-0.25, -0.2) is 0 Å². The average Bonchev–Trinajstić information content (AvgIpc) is 3.30. The van der Waals surface area contributed by atoms with Crippen molar-refractivity contribution in [1.29, 1.82) is 0 Å². The van der Waals surface area contributed by atoms with E-state index in [4.69, 9.17) is 4.84 Å². The van der Waals surface area contributed by atoms with Crippen LogP contribution < -0.4 is 10.6 Å². The molecule has 0 atom stereocenters. The van der Waals surface area contributed by atoms with Crippen molar-refractivity contribution in [3.63, 3.8) is 0 Å². The van der Waals surface area contributed by atoms with Crippen LogP contribution in [0.15, 0.2) is 57.8 Å². The molecule has 5 rings (SSSR count). The summed E-state index contributed by atoms with van der Waals surface area (Å²) in [4.78, 5) is 21.1. The van der Waals surface area contributed by atoms with E-state index in [1.807, 2.05) is 42.5 Å². The standard InChI is InChI=1S/C24H25BrN4O2/c25-16-9-10-20-18(15-16)21(24(30)27-20)23-22(17-7-2-3-8-19(17)26-23)28-31-14-6-13-29-11-4-1-5-12-29/h2-3,7-10,15,26H,1,4-6,11-14H2,(H,27,30)/b23-21-,28-22+. The van der Waals surface area contributed by atoms with E-state index in [0.717, 1.165) is 39.9 Å². The Morgan fingerprint density at radius 1 is 1.00 bits per heavy atom. The van der Waals surface area contributed by atoms with Gasteiger partial charge in [0.25, 0.3) is 5.91 Å². The van der Waals surface area contributed by atoms with E-state index in [-0.39, 0.29) is 5.91 Å². The Balaban J connectivity index is 1.40. The molecule has 0 radical (unpaired) electrons. The molecular formula is C24H25BrN4O2. The number of benzene rings is 2. The van der Waals surface area contributed by atoms with Crippen molar-refractivity contribution in [3.05, 3.63) is 63.8 Å². The van der Waals surface area contributed by atoms with Crippen molar-refractivity contribution in [3.8, 4) is 0 Å². The first-order valence-corrected chi connectivity index (χ1v) is 11.6. The van der Waals surface area contributed by atoms with E-state index < -0.39 is 0 Å². The highest BCUT2D eigenvalue weighted by atomic mass is 79.9. The molecule has 1 saturated heterocycles. The first-order chi connectivity index (χ1) is 15.2. The molecule has 0 bridgehead atoms. The zero-order valence-electron chi connectivity index (χ0n) is 17.3. The maximum Gasteiger partial charge on any atom is 0.258 e. The molecule has 0 spiro atoms. The number of rotatable bonds is 5. The number of carbonyl (C=O) groups is 1. The third-order valence-electron chi connectivity index (χ3n) is 5.97. The molecule has 0 aliphatic carbocycles. The van der Waals surface area contributed by atoms with E-state index in [2.05, 4.69) is 36.6 Å². The van der Waals surface area contributed by atoms with Crippen LogP contribution >= 0.6 is 15.9 Å². The van der Waals surface area contributed by atoms with Crippen LogP contribution in [-0.4, -0.2) is 42.8 Å². The molecule has 160 valence electrons. The maximum absolute atomic E-state index is 12.9. The zero-order chi connectivity index (χ0) is 21.2. The minimum Gasteiger partial charge on any atom is -0.395 e. The highest BCUT2D eigenvalue weighted by molar-refractivity contribution is 9.10. The van der Waals surface area contributed by atoms with E-state index in [1.54, 1.807) is 0 Å². The lowest BCUT2D eigenvalue weighted by molar-refractivity contribution is -0.110. The van der Waals surface area contributed by atoms with Crippen molar-refractivity contribution in [2.24, 2.45) is 5.16 Å². The number of piperidine rings is 1. The number of likely N-dealkylation sites (tertiary alicyclic amines) is 1. The van der Waals surface area contributed by atoms with Gasteiger partial charge in [0, 0.05) is 33.5 Å². The van der Waals surface area contributed by atoms with Gasteiger partial charge < -0.3 is 20.4 Å². The molecule has 0 saturated carbocycles. The number of hydrogen-bond donors (Lipinski definition) is 2. The number of oxime groups is 1. The number of para-hydroxylation sites is 1. The summed E-state index contributed by atoms with van der Waals surface area (Å²) in [6, 6.07) is 13.7. The van der Waals surface area contributed by atoms with Crippen LogP contribution in [0.3, 0.4) is 0 Å². The molecular weight excluding hydrogens is 456 g/mol. The van der Waals surface area contributed by atoms with E-state index in [1.165, 1.54) is 32.4 Å². The average molecular weight is 481 g/mol. The monoisotopic (exact) mass is 480 g/mol. The predicted octanol–water partition coefficient (Wildman–Crippen LogP) is 4.83. The summed E-state index contributed by atoms with van der Waals surface area (Å²) in [6.07, 6.45) is 4.87. The summed E-state index contributed by atoms with van der Waals surface area (Å²) >= 11 is 3.52. The van der Waals surface area contributed by atoms with Crippen molar-refractivity contribution in [1.82, 2.24) is 4.90 Å². The lowest BCUT2D eigenvalue weighted by Gasteiger charge is -2.25. The molecule has 6 nitrogen and oxygen atoms in total. The highest BCUT2D eigenvalue weighted by Gasteiger charge is 2.34. The third kappa shape index (κ3) is 4.12. The molecule has 3 aliphatic rings. The van der Waals surface area contributed by atoms with Gasteiger partial charge in [0.2, 0.25) is 0 Å². The Hall–Kier alpha value is -2.64. The van der Waals surface area contributed by atoms with Crippen molar-refractivity contribution >= 4 is 44.5 Å². The molecule has 1 amide bonds. The van der Waals surface area contributed by atoms with E-state index >= 15 is 0 Å². The SMILES string of the molecule is O=C1Nc2ccc(Br)cc2/C1=C1/Nc2ccccc2/C1=N\OCCCN1CCCCC1. The summed E-state index contributed by atoms with van der Waals surface area (Å²) < 4.78 is 0.920. The van der Waals surface area contributed by atoms with Gasteiger partial charge in [0.1, 0.15) is 12.3 Å². The quantitative estimate of drug-likeness (QED) is 0.365. The molecule has 3 aliphatic heterocycles. The molecule has 2 aromatic carbocycles. The van der Waals surface area contributed by atoms with Crippen LogP contribution in [0, 0.1) is 0 Å². The molecule has 1 fully saturated rings. The predicted molar refractivity (Wildman–Crippen MR) is 127 cm³/mol. The second-order valence-corrected chi connectivity index (χ2v) is 9.01. The Morgan fingerprint density at radius 3 is 2.68 bits per heavy atom. The minimum absolute atomic E-state index is 0.138. The number of anilines is 2. The lowest BCUT2D eigenvalue weighted by atomic mass is 10.0. The van der Waals surface area contributed by atoms with E-state index in [9.17, 15) is 4.79 Å². The van der Waals surface area contributed by atoms with Crippen LogP contribution in [0.2, 0.25) is 0 Å². The Morgan fingerprint density at radius 2 is 1.81 bits per heavy atom. The Kier molecular flexibility index (Phi) is 5.78. The highest BCUT2D eigenvalue weighted by Crippen LogP contribution is 2.40. The first kappa shape index (κ1) is 20.3. The largest absolute Gasteiger partial charge is 0.395 e. The Bertz CT molecular complexity index is 1070. The molecule has 2 aromatic rings. The second-order valence-electron chi connectivity index (χ2n) is 8.09. The Labute approximate surface area is 190 Å². The summed E-state index contributed by atoms with van der Waals surface area (Å²) in [5, 5.41) is 10.8. The number of hydrogen-bond acceptors (Lipinski definition) is 5. The van der Waals surface area contributed by atoms with Gasteiger partial charge in [0.15, 0.2) is 0 Å². The van der Waals surface area contributed by atoms with Gasteiger partial charge in [-0.15, -0.1) is 0 Å². The van der Waals surface area contributed by atoms with E-state index in [0.29, 0.717) is 23.6 Å². The first-order valence-electron chi connectivity index (χ1n) is 10.9. The molecule has 3 heterocycles. The smallest absolute Gasteiger partial charge is 0.258 e. The van der Waals surface area contributed by atoms with Crippen LogP contribution in [-0.2, 0) is 9.63 Å². The molecule has 0 unspecified atom stereocenters. The maximum atomic E-state index is 12.9. The summed E-state index contributed by atoms with van der Waals surface area (Å²) in [6.45, 7) is 3.97. The number of allylic oxidation sites excluding steroid dienone is 1. The molecule has 2 N–H and O–H groups in total. The summed E-state index contributed by atoms with van der Waals surface area (Å²) in [5.74, 6) is -0.138. The van der Waals surface area contributed by atoms with Crippen LogP contribution in [0.4, 0.5) is 11.4 Å². The van der Waals surface area contributed by atoms with Gasteiger partial charge in [0.05, 0.1) is 11.3 Å². The van der Waals surface area contributed by atoms with Crippen molar-refractivity contribution in [2.45, 2.75) is 25.7 Å². The van der Waals surface area contributed by atoms with Gasteiger partial charge >= 0.3 is 0 Å². The van der Waals surface area contributed by atoms with Gasteiger partial charge in [-0.1, -0.05) is 45.7 Å². The lowest BCUT2D eigenvalue weighted by Crippen LogP contribution is -2.31. The van der Waals surface area contributed by atoms with Crippen LogP contribution in [0.25, 0.3) is 5.57 Å². The van der Waals surface area contributed by atoms with Crippen LogP contribution in [0.5, 0.6) is 0 Å². The zero-order valence-corrected chi connectivity index (χ0v) is 18.9. The van der Waals surface area contributed by atoms with Gasteiger partial charge in [-0.2, -0.15) is 0 Å². The number of nitrogens with zero attached hydrogens (tertiary/aromatic N) is 2. The number of amides is 1.